The molecule has 1 heterocycles. The van der Waals surface area contributed by atoms with Gasteiger partial charge in [0, 0.05) is 11.3 Å². The van der Waals surface area contributed by atoms with Crippen LogP contribution in [0.3, 0.4) is 0 Å². The van der Waals surface area contributed by atoms with E-state index in [1.807, 2.05) is 26.0 Å². The average molecular weight is 446 g/mol. The number of aromatic nitrogens is 1. The molecule has 1 aromatic heterocycles. The summed E-state index contributed by atoms with van der Waals surface area (Å²) in [5, 5.41) is 2.20. The molecule has 32 heavy (non-hydrogen) atoms. The summed E-state index contributed by atoms with van der Waals surface area (Å²) in [6.45, 7) is 5.45. The molecular weight excluding hydrogens is 431 g/mol. The van der Waals surface area contributed by atoms with E-state index >= 15 is 0 Å². The van der Waals surface area contributed by atoms with Gasteiger partial charge in [0.2, 0.25) is 11.7 Å². The maximum Gasteiger partial charge on any atom is 0.261 e. The van der Waals surface area contributed by atoms with Gasteiger partial charge in [0.05, 0.1) is 0 Å². The van der Waals surface area contributed by atoms with Crippen LogP contribution in [0.4, 0.5) is 27.6 Å². The van der Waals surface area contributed by atoms with Crippen LogP contribution in [-0.4, -0.2) is 10.9 Å². The lowest BCUT2D eigenvalue weighted by atomic mass is 10.1. The molecule has 4 rings (SSSR count). The van der Waals surface area contributed by atoms with Crippen LogP contribution in [0.5, 0.6) is 0 Å². The van der Waals surface area contributed by atoms with Crippen molar-refractivity contribution in [1.29, 1.82) is 0 Å². The van der Waals surface area contributed by atoms with E-state index in [1.54, 1.807) is 19.1 Å². The zero-order valence-electron chi connectivity index (χ0n) is 17.0. The molecule has 3 aromatic carbocycles. The summed E-state index contributed by atoms with van der Waals surface area (Å²) in [5.74, 6) is -12.4. The van der Waals surface area contributed by atoms with Crippen molar-refractivity contribution in [3.05, 3.63) is 81.7 Å². The molecule has 4 nitrogen and oxygen atoms in total. The van der Waals surface area contributed by atoms with Crippen molar-refractivity contribution in [3.8, 4) is 11.5 Å². The van der Waals surface area contributed by atoms with Crippen LogP contribution in [0.2, 0.25) is 0 Å². The predicted octanol–water partition coefficient (Wildman–Crippen LogP) is 6.37. The van der Waals surface area contributed by atoms with E-state index in [4.69, 9.17) is 4.42 Å². The Balaban J connectivity index is 1.73. The highest BCUT2D eigenvalue weighted by Gasteiger charge is 2.30. The second-order valence-electron chi connectivity index (χ2n) is 7.35. The van der Waals surface area contributed by atoms with Crippen LogP contribution in [-0.2, 0) is 0 Å². The number of oxazole rings is 1. The summed E-state index contributed by atoms with van der Waals surface area (Å²) in [7, 11) is 0. The van der Waals surface area contributed by atoms with E-state index in [0.717, 1.165) is 11.1 Å². The first-order valence-corrected chi connectivity index (χ1v) is 9.40. The summed E-state index contributed by atoms with van der Waals surface area (Å²) in [6, 6.07) is 8.38. The van der Waals surface area contributed by atoms with Crippen molar-refractivity contribution >= 4 is 22.7 Å². The number of benzene rings is 3. The molecule has 164 valence electrons. The standard InChI is InChI=1S/C23H15F5N2O2/c1-9-4-5-12(23-30-14-6-10(2)11(3)7-15(14)32-23)8-13(9)29-22(31)16-17(24)19(26)21(28)20(27)18(16)25/h4-8H,1-3H3,(H,29,31). The summed E-state index contributed by atoms with van der Waals surface area (Å²) in [6.07, 6.45) is 0. The Morgan fingerprint density at radius 2 is 1.41 bits per heavy atom. The number of nitrogens with one attached hydrogen (secondary N) is 1. The van der Waals surface area contributed by atoms with E-state index in [-0.39, 0.29) is 11.6 Å². The Morgan fingerprint density at radius 1 is 0.812 bits per heavy atom. The molecule has 0 spiro atoms. The number of amides is 1. The average Bonchev–Trinajstić information content (AvgIpc) is 3.15. The fourth-order valence-electron chi connectivity index (χ4n) is 3.18. The number of carbonyl (C=O) groups excluding carboxylic acids is 1. The minimum Gasteiger partial charge on any atom is -0.436 e. The SMILES string of the molecule is Cc1cc2nc(-c3ccc(C)c(NC(=O)c4c(F)c(F)c(F)c(F)c4F)c3)oc2cc1C. The molecule has 1 amide bonds. The molecule has 4 aromatic rings. The molecule has 0 unspecified atom stereocenters. The quantitative estimate of drug-likeness (QED) is 0.226. The minimum atomic E-state index is -2.34. The Hall–Kier alpha value is -3.75. The molecular formula is C23H15F5N2O2. The van der Waals surface area contributed by atoms with Crippen LogP contribution in [0.15, 0.2) is 34.7 Å². The van der Waals surface area contributed by atoms with Gasteiger partial charge in [-0.3, -0.25) is 4.79 Å². The van der Waals surface area contributed by atoms with Crippen molar-refractivity contribution in [1.82, 2.24) is 4.98 Å². The number of hydrogen-bond acceptors (Lipinski definition) is 3. The second kappa shape index (κ2) is 7.74. The molecule has 0 aliphatic heterocycles. The molecule has 0 saturated heterocycles. The van der Waals surface area contributed by atoms with Crippen LogP contribution in [0.1, 0.15) is 27.0 Å². The van der Waals surface area contributed by atoms with E-state index in [1.165, 1.54) is 6.07 Å². The molecule has 0 saturated carbocycles. The number of anilines is 1. The third-order valence-corrected chi connectivity index (χ3v) is 5.17. The molecule has 0 aliphatic rings. The van der Waals surface area contributed by atoms with Crippen LogP contribution in [0.25, 0.3) is 22.6 Å². The number of aryl methyl sites for hydroxylation is 3. The Kier molecular flexibility index (Phi) is 5.20. The highest BCUT2D eigenvalue weighted by Crippen LogP contribution is 2.30. The summed E-state index contributed by atoms with van der Waals surface area (Å²) in [4.78, 5) is 16.8. The third kappa shape index (κ3) is 3.49. The van der Waals surface area contributed by atoms with Crippen molar-refractivity contribution in [3.63, 3.8) is 0 Å². The van der Waals surface area contributed by atoms with E-state index in [0.29, 0.717) is 22.2 Å². The maximum absolute atomic E-state index is 14.0. The predicted molar refractivity (Wildman–Crippen MR) is 108 cm³/mol. The van der Waals surface area contributed by atoms with Gasteiger partial charge in [0.1, 0.15) is 11.1 Å². The zero-order chi connectivity index (χ0) is 23.3. The summed E-state index contributed by atoms with van der Waals surface area (Å²) < 4.78 is 73.9. The van der Waals surface area contributed by atoms with E-state index < -0.39 is 40.6 Å². The first-order chi connectivity index (χ1) is 15.1. The highest BCUT2D eigenvalue weighted by molar-refractivity contribution is 6.05. The number of fused-ring (bicyclic) bond motifs is 1. The molecule has 1 N–H and O–H groups in total. The summed E-state index contributed by atoms with van der Waals surface area (Å²) in [5.41, 5.74) is 2.65. The van der Waals surface area contributed by atoms with Gasteiger partial charge in [-0.25, -0.2) is 26.9 Å². The minimum absolute atomic E-state index is 0.0889. The molecule has 9 heteroatoms. The highest BCUT2D eigenvalue weighted by atomic mass is 19.2. The monoisotopic (exact) mass is 446 g/mol. The maximum atomic E-state index is 14.0. The van der Waals surface area contributed by atoms with Crippen LogP contribution in [0, 0.1) is 49.9 Å². The number of rotatable bonds is 3. The smallest absolute Gasteiger partial charge is 0.261 e. The van der Waals surface area contributed by atoms with Gasteiger partial charge in [-0.1, -0.05) is 6.07 Å². The number of halogens is 5. The van der Waals surface area contributed by atoms with Gasteiger partial charge in [-0.15, -0.1) is 0 Å². The normalized spacial score (nSPS) is 11.2. The zero-order valence-corrected chi connectivity index (χ0v) is 17.0. The third-order valence-electron chi connectivity index (χ3n) is 5.17. The molecule has 0 radical (unpaired) electrons. The lowest BCUT2D eigenvalue weighted by Gasteiger charge is -2.12. The first-order valence-electron chi connectivity index (χ1n) is 9.40. The van der Waals surface area contributed by atoms with Gasteiger partial charge in [0.15, 0.2) is 28.9 Å². The van der Waals surface area contributed by atoms with Crippen molar-refractivity contribution in [2.45, 2.75) is 20.8 Å². The Labute approximate surface area is 178 Å². The second-order valence-corrected chi connectivity index (χ2v) is 7.35. The Bertz CT molecular complexity index is 1340. The molecule has 0 fully saturated rings. The van der Waals surface area contributed by atoms with Gasteiger partial charge in [-0.05, 0) is 61.7 Å². The van der Waals surface area contributed by atoms with E-state index in [2.05, 4.69) is 10.3 Å². The molecule has 0 bridgehead atoms. The van der Waals surface area contributed by atoms with Crippen molar-refractivity contribution < 1.29 is 31.2 Å². The van der Waals surface area contributed by atoms with Gasteiger partial charge in [-0.2, -0.15) is 0 Å². The van der Waals surface area contributed by atoms with Crippen LogP contribution >= 0.6 is 0 Å². The molecule has 0 atom stereocenters. The van der Waals surface area contributed by atoms with Gasteiger partial charge in [0.25, 0.3) is 5.91 Å². The number of carbonyl (C=O) groups is 1. The fraction of sp³-hybridized carbons (Fsp3) is 0.130. The molecule has 0 aliphatic carbocycles. The fourth-order valence-corrected chi connectivity index (χ4v) is 3.18. The van der Waals surface area contributed by atoms with Crippen molar-refractivity contribution in [2.24, 2.45) is 0 Å². The van der Waals surface area contributed by atoms with E-state index in [9.17, 15) is 26.7 Å². The van der Waals surface area contributed by atoms with Gasteiger partial charge < -0.3 is 9.73 Å². The largest absolute Gasteiger partial charge is 0.436 e. The van der Waals surface area contributed by atoms with Crippen LogP contribution < -0.4 is 5.32 Å². The lowest BCUT2D eigenvalue weighted by molar-refractivity contribution is 0.101. The number of nitrogens with zero attached hydrogens (tertiary/aromatic N) is 1. The lowest BCUT2D eigenvalue weighted by Crippen LogP contribution is -2.19. The number of hydrogen-bond donors (Lipinski definition) is 1. The first kappa shape index (κ1) is 21.5. The van der Waals surface area contributed by atoms with Crippen molar-refractivity contribution in [2.75, 3.05) is 5.32 Å². The Morgan fingerprint density at radius 3 is 2.06 bits per heavy atom. The van der Waals surface area contributed by atoms with Gasteiger partial charge >= 0.3 is 0 Å². The summed E-state index contributed by atoms with van der Waals surface area (Å²) >= 11 is 0. The topological polar surface area (TPSA) is 55.1 Å².